The van der Waals surface area contributed by atoms with E-state index in [-0.39, 0.29) is 23.7 Å². The molecule has 3 unspecified atom stereocenters. The molecular formula is C15H19NO3. The molecule has 1 saturated carbocycles. The largest absolute Gasteiger partial charge is 0.508 e. The van der Waals surface area contributed by atoms with Crippen molar-refractivity contribution in [3.63, 3.8) is 0 Å². The zero-order valence-corrected chi connectivity index (χ0v) is 11.0. The lowest BCUT2D eigenvalue weighted by atomic mass is 10.00. The third kappa shape index (κ3) is 2.10. The molecule has 2 aliphatic rings. The van der Waals surface area contributed by atoms with E-state index in [2.05, 4.69) is 0 Å². The summed E-state index contributed by atoms with van der Waals surface area (Å²) in [6.07, 6.45) is 1.62. The van der Waals surface area contributed by atoms with Crippen molar-refractivity contribution in [2.75, 3.05) is 13.1 Å². The average molecular weight is 261 g/mol. The second kappa shape index (κ2) is 4.53. The van der Waals surface area contributed by atoms with Crippen LogP contribution in [0, 0.1) is 18.8 Å². The molecule has 0 aromatic heterocycles. The van der Waals surface area contributed by atoms with Crippen LogP contribution < -0.4 is 0 Å². The maximum Gasteiger partial charge on any atom is 0.254 e. The van der Waals surface area contributed by atoms with Crippen molar-refractivity contribution in [1.29, 1.82) is 0 Å². The van der Waals surface area contributed by atoms with Crippen LogP contribution in [0.3, 0.4) is 0 Å². The van der Waals surface area contributed by atoms with Crippen LogP contribution in [0.15, 0.2) is 18.2 Å². The Kier molecular flexibility index (Phi) is 2.97. The zero-order valence-electron chi connectivity index (χ0n) is 11.0. The van der Waals surface area contributed by atoms with Crippen molar-refractivity contribution >= 4 is 5.91 Å². The van der Waals surface area contributed by atoms with Crippen molar-refractivity contribution < 1.29 is 15.0 Å². The molecule has 2 N–H and O–H groups in total. The summed E-state index contributed by atoms with van der Waals surface area (Å²) in [4.78, 5) is 14.2. The molecule has 1 aliphatic carbocycles. The first-order valence-electron chi connectivity index (χ1n) is 6.83. The number of aliphatic hydroxyl groups is 1. The van der Waals surface area contributed by atoms with Gasteiger partial charge in [-0.05, 0) is 43.4 Å². The highest BCUT2D eigenvalue weighted by molar-refractivity contribution is 5.95. The number of amides is 1. The van der Waals surface area contributed by atoms with Crippen LogP contribution >= 0.6 is 0 Å². The predicted octanol–water partition coefficient (Wildman–Crippen LogP) is 1.54. The van der Waals surface area contributed by atoms with Gasteiger partial charge in [0.2, 0.25) is 0 Å². The Morgan fingerprint density at radius 2 is 2.11 bits per heavy atom. The number of carbonyl (C=O) groups excluding carboxylic acids is 1. The van der Waals surface area contributed by atoms with Gasteiger partial charge in [0.1, 0.15) is 5.75 Å². The number of phenols is 1. The van der Waals surface area contributed by atoms with Crippen LogP contribution in [-0.2, 0) is 0 Å². The standard InChI is InChI=1S/C15H19NO3/c1-9-2-3-10(6-14(9)18)15(19)16-7-11-4-5-13(17)12(11)8-16/h2-3,6,11-13,17-18H,4-5,7-8H2,1H3. The minimum atomic E-state index is -0.255. The smallest absolute Gasteiger partial charge is 0.254 e. The monoisotopic (exact) mass is 261 g/mol. The van der Waals surface area contributed by atoms with Gasteiger partial charge in [0, 0.05) is 24.6 Å². The fraction of sp³-hybridized carbons (Fsp3) is 0.533. The molecule has 2 fully saturated rings. The molecule has 102 valence electrons. The van der Waals surface area contributed by atoms with Gasteiger partial charge < -0.3 is 15.1 Å². The second-order valence-corrected chi connectivity index (χ2v) is 5.78. The van der Waals surface area contributed by atoms with Crippen molar-refractivity contribution in [3.05, 3.63) is 29.3 Å². The highest BCUT2D eigenvalue weighted by Crippen LogP contribution is 2.38. The molecule has 1 aliphatic heterocycles. The number of phenolic OH excluding ortho intramolecular Hbond substituents is 1. The van der Waals surface area contributed by atoms with E-state index in [0.29, 0.717) is 18.0 Å². The summed E-state index contributed by atoms with van der Waals surface area (Å²) in [5.74, 6) is 0.795. The lowest BCUT2D eigenvalue weighted by molar-refractivity contribution is 0.0752. The van der Waals surface area contributed by atoms with Gasteiger partial charge in [-0.25, -0.2) is 0 Å². The van der Waals surface area contributed by atoms with Crippen LogP contribution in [0.1, 0.15) is 28.8 Å². The molecule has 4 heteroatoms. The van der Waals surface area contributed by atoms with E-state index in [9.17, 15) is 15.0 Å². The number of carbonyl (C=O) groups is 1. The normalized spacial score (nSPS) is 29.6. The quantitative estimate of drug-likeness (QED) is 0.806. The molecule has 3 atom stereocenters. The number of aliphatic hydroxyl groups excluding tert-OH is 1. The Hall–Kier alpha value is -1.55. The SMILES string of the molecule is Cc1ccc(C(=O)N2CC3CCC(O)C3C2)cc1O. The predicted molar refractivity (Wildman–Crippen MR) is 71.0 cm³/mol. The van der Waals surface area contributed by atoms with Crippen molar-refractivity contribution in [2.45, 2.75) is 25.9 Å². The molecule has 0 spiro atoms. The van der Waals surface area contributed by atoms with E-state index in [4.69, 9.17) is 0 Å². The Morgan fingerprint density at radius 1 is 1.32 bits per heavy atom. The second-order valence-electron chi connectivity index (χ2n) is 5.78. The Bertz CT molecular complexity index is 514. The van der Waals surface area contributed by atoms with E-state index in [1.807, 2.05) is 4.90 Å². The summed E-state index contributed by atoms with van der Waals surface area (Å²) in [7, 11) is 0. The molecule has 1 heterocycles. The molecule has 1 aromatic rings. The van der Waals surface area contributed by atoms with E-state index in [1.165, 1.54) is 6.07 Å². The van der Waals surface area contributed by atoms with Crippen molar-refractivity contribution in [1.82, 2.24) is 4.90 Å². The minimum Gasteiger partial charge on any atom is -0.508 e. The first-order valence-corrected chi connectivity index (χ1v) is 6.83. The molecule has 0 radical (unpaired) electrons. The van der Waals surface area contributed by atoms with E-state index in [1.54, 1.807) is 19.1 Å². The number of hydrogen-bond acceptors (Lipinski definition) is 3. The highest BCUT2D eigenvalue weighted by atomic mass is 16.3. The van der Waals surface area contributed by atoms with Crippen LogP contribution in [0.2, 0.25) is 0 Å². The van der Waals surface area contributed by atoms with Gasteiger partial charge in [-0.3, -0.25) is 4.79 Å². The van der Waals surface area contributed by atoms with E-state index < -0.39 is 0 Å². The molecule has 1 aromatic carbocycles. The van der Waals surface area contributed by atoms with E-state index >= 15 is 0 Å². The summed E-state index contributed by atoms with van der Waals surface area (Å²) in [5, 5.41) is 19.6. The molecule has 1 amide bonds. The number of aromatic hydroxyl groups is 1. The molecule has 4 nitrogen and oxygen atoms in total. The average Bonchev–Trinajstić information content (AvgIpc) is 2.95. The fourth-order valence-corrected chi connectivity index (χ4v) is 3.33. The number of benzene rings is 1. The molecular weight excluding hydrogens is 242 g/mol. The van der Waals surface area contributed by atoms with Crippen LogP contribution in [0.5, 0.6) is 5.75 Å². The lowest BCUT2D eigenvalue weighted by Crippen LogP contribution is -2.31. The fourth-order valence-electron chi connectivity index (χ4n) is 3.33. The van der Waals surface area contributed by atoms with Crippen molar-refractivity contribution in [2.24, 2.45) is 11.8 Å². The number of rotatable bonds is 1. The van der Waals surface area contributed by atoms with Gasteiger partial charge >= 0.3 is 0 Å². The van der Waals surface area contributed by atoms with Gasteiger partial charge in [0.25, 0.3) is 5.91 Å². The Morgan fingerprint density at radius 3 is 2.79 bits per heavy atom. The summed E-state index contributed by atoms with van der Waals surface area (Å²) >= 11 is 0. The number of fused-ring (bicyclic) bond motifs is 1. The first kappa shape index (κ1) is 12.5. The van der Waals surface area contributed by atoms with E-state index in [0.717, 1.165) is 24.9 Å². The molecule has 3 rings (SSSR count). The van der Waals surface area contributed by atoms with Gasteiger partial charge in [-0.15, -0.1) is 0 Å². The summed E-state index contributed by atoms with van der Waals surface area (Å²) in [6, 6.07) is 5.04. The number of hydrogen-bond donors (Lipinski definition) is 2. The topological polar surface area (TPSA) is 60.8 Å². The van der Waals surface area contributed by atoms with Crippen LogP contribution in [0.25, 0.3) is 0 Å². The summed E-state index contributed by atoms with van der Waals surface area (Å²) < 4.78 is 0. The number of aryl methyl sites for hydroxylation is 1. The minimum absolute atomic E-state index is 0.0445. The maximum atomic E-state index is 12.4. The van der Waals surface area contributed by atoms with Gasteiger partial charge in [0.15, 0.2) is 0 Å². The molecule has 19 heavy (non-hydrogen) atoms. The van der Waals surface area contributed by atoms with Gasteiger partial charge in [0.05, 0.1) is 6.10 Å². The first-order chi connectivity index (χ1) is 9.06. The third-order valence-corrected chi connectivity index (χ3v) is 4.56. The summed E-state index contributed by atoms with van der Waals surface area (Å²) in [5.41, 5.74) is 1.29. The van der Waals surface area contributed by atoms with Crippen LogP contribution in [0.4, 0.5) is 0 Å². The van der Waals surface area contributed by atoms with Gasteiger partial charge in [-0.2, -0.15) is 0 Å². The molecule has 0 bridgehead atoms. The maximum absolute atomic E-state index is 12.4. The van der Waals surface area contributed by atoms with Crippen LogP contribution in [-0.4, -0.2) is 40.2 Å². The Balaban J connectivity index is 1.76. The molecule has 1 saturated heterocycles. The number of nitrogens with zero attached hydrogens (tertiary/aromatic N) is 1. The van der Waals surface area contributed by atoms with Gasteiger partial charge in [-0.1, -0.05) is 6.07 Å². The number of likely N-dealkylation sites (tertiary alicyclic amines) is 1. The van der Waals surface area contributed by atoms with Crippen molar-refractivity contribution in [3.8, 4) is 5.75 Å². The third-order valence-electron chi connectivity index (χ3n) is 4.56. The Labute approximate surface area is 112 Å². The summed E-state index contributed by atoms with van der Waals surface area (Å²) in [6.45, 7) is 3.18. The highest BCUT2D eigenvalue weighted by Gasteiger charge is 2.43. The zero-order chi connectivity index (χ0) is 13.6. The lowest BCUT2D eigenvalue weighted by Gasteiger charge is -2.18.